The molecule has 25 heavy (non-hydrogen) atoms. The Morgan fingerprint density at radius 3 is 2.08 bits per heavy atom. The first-order chi connectivity index (χ1) is 11.5. The van der Waals surface area contributed by atoms with Crippen molar-refractivity contribution in [3.8, 4) is 5.75 Å². The van der Waals surface area contributed by atoms with Gasteiger partial charge in [0.2, 0.25) is 0 Å². The smallest absolute Gasteiger partial charge is 0.259 e. The first kappa shape index (κ1) is 20.6. The molecule has 0 atom stereocenters. The minimum atomic E-state index is -2.73. The molecule has 0 bridgehead atoms. The molecule has 1 aromatic carbocycles. The van der Waals surface area contributed by atoms with E-state index in [1.165, 1.54) is 31.2 Å². The van der Waals surface area contributed by atoms with Crippen molar-refractivity contribution < 1.29 is 9.09 Å². The number of hydrogen-bond donors (Lipinski definition) is 0. The van der Waals surface area contributed by atoms with Crippen molar-refractivity contribution in [1.82, 2.24) is 0 Å². The number of unbranched alkanes of at least 4 members (excludes halogenated alkanes) is 2. The molecule has 1 heterocycles. The van der Waals surface area contributed by atoms with Gasteiger partial charge in [-0.05, 0) is 70.1 Å². The normalized spacial score (nSPS) is 27.1. The van der Waals surface area contributed by atoms with E-state index in [-0.39, 0.29) is 10.3 Å². The van der Waals surface area contributed by atoms with Gasteiger partial charge in [-0.25, -0.2) is 0 Å². The third-order valence-electron chi connectivity index (χ3n) is 6.54. The van der Waals surface area contributed by atoms with Crippen LogP contribution < -0.4 is 4.52 Å². The fourth-order valence-corrected chi connectivity index (χ4v) is 8.05. The van der Waals surface area contributed by atoms with Crippen molar-refractivity contribution in [2.75, 3.05) is 0 Å². The van der Waals surface area contributed by atoms with E-state index >= 15 is 0 Å². The Hall–Kier alpha value is -0.750. The van der Waals surface area contributed by atoms with Crippen LogP contribution in [0.1, 0.15) is 79.7 Å². The predicted molar refractivity (Wildman–Crippen MR) is 109 cm³/mol. The summed E-state index contributed by atoms with van der Waals surface area (Å²) in [6, 6.07) is 8.26. The molecule has 142 valence electrons. The number of benzene rings is 1. The average Bonchev–Trinajstić information content (AvgIpc) is 2.54. The average molecular weight is 365 g/mol. The molecule has 2 nitrogen and oxygen atoms in total. The minimum absolute atomic E-state index is 0.258. The van der Waals surface area contributed by atoms with E-state index in [2.05, 4.69) is 60.6 Å². The van der Waals surface area contributed by atoms with Gasteiger partial charge in [-0.15, -0.1) is 0 Å². The minimum Gasteiger partial charge on any atom is -0.442 e. The Labute approximate surface area is 155 Å². The van der Waals surface area contributed by atoms with Gasteiger partial charge in [-0.3, -0.25) is 4.57 Å². The fourth-order valence-electron chi connectivity index (χ4n) is 4.21. The lowest BCUT2D eigenvalue weighted by atomic mass is 9.83. The summed E-state index contributed by atoms with van der Waals surface area (Å²) in [5.41, 5.74) is 1.34. The monoisotopic (exact) mass is 364 g/mol. The highest BCUT2D eigenvalue weighted by molar-refractivity contribution is 7.64. The summed E-state index contributed by atoms with van der Waals surface area (Å²) in [7, 11) is -2.73. The summed E-state index contributed by atoms with van der Waals surface area (Å²) in [6.07, 6.45) is 6.30. The van der Waals surface area contributed by atoms with Crippen LogP contribution in [0.25, 0.3) is 0 Å². The maximum atomic E-state index is 13.5. The van der Waals surface area contributed by atoms with Crippen molar-refractivity contribution in [3.05, 3.63) is 29.8 Å². The highest BCUT2D eigenvalue weighted by Crippen LogP contribution is 2.81. The third-order valence-corrected chi connectivity index (χ3v) is 10.8. The molecule has 1 saturated heterocycles. The van der Waals surface area contributed by atoms with Crippen LogP contribution in [-0.2, 0) is 11.0 Å². The number of rotatable bonds is 8. The first-order valence-electron chi connectivity index (χ1n) is 9.91. The molecule has 0 N–H and O–H groups in total. The van der Waals surface area contributed by atoms with Gasteiger partial charge in [0.15, 0.2) is 0 Å². The molecular weight excluding hydrogens is 327 g/mol. The van der Waals surface area contributed by atoms with Crippen molar-refractivity contribution in [2.24, 2.45) is 11.8 Å². The number of hydrogen-bond acceptors (Lipinski definition) is 2. The Morgan fingerprint density at radius 1 is 1.00 bits per heavy atom. The lowest BCUT2D eigenvalue weighted by Gasteiger charge is -2.60. The maximum absolute atomic E-state index is 13.5. The van der Waals surface area contributed by atoms with Crippen LogP contribution in [0, 0.1) is 11.8 Å². The van der Waals surface area contributed by atoms with E-state index in [0.717, 1.165) is 18.1 Å². The van der Waals surface area contributed by atoms with E-state index in [1.54, 1.807) is 0 Å². The molecule has 1 aliphatic heterocycles. The van der Waals surface area contributed by atoms with Crippen molar-refractivity contribution in [1.29, 1.82) is 0 Å². The first-order valence-corrected chi connectivity index (χ1v) is 11.5. The Balaban J connectivity index is 1.92. The molecule has 1 aromatic rings. The SMILES string of the molecule is CC(C)CCCCCc1ccc(OP2(=O)C(C)(C)C(C)C2(C)C)cc1. The molecule has 0 saturated carbocycles. The molecule has 2 rings (SSSR count). The number of aryl methyl sites for hydroxylation is 1. The summed E-state index contributed by atoms with van der Waals surface area (Å²) in [6.45, 7) is 15.1. The standard InChI is InChI=1S/C22H37O2P/c1-17(2)11-9-8-10-12-19-13-15-20(16-14-19)24-25(23)21(4,5)18(3)22(25,6)7/h13-18H,8-12H2,1-7H3. The van der Waals surface area contributed by atoms with Crippen LogP contribution >= 0.6 is 7.37 Å². The van der Waals surface area contributed by atoms with Gasteiger partial charge in [0, 0.05) is 0 Å². The van der Waals surface area contributed by atoms with E-state index in [0.29, 0.717) is 5.92 Å². The molecule has 0 radical (unpaired) electrons. The quantitative estimate of drug-likeness (QED) is 0.357. The van der Waals surface area contributed by atoms with Crippen LogP contribution in [0.4, 0.5) is 0 Å². The van der Waals surface area contributed by atoms with Crippen LogP contribution in [0.15, 0.2) is 24.3 Å². The lowest BCUT2D eigenvalue weighted by Crippen LogP contribution is -2.58. The fraction of sp³-hybridized carbons (Fsp3) is 0.727. The molecule has 3 heteroatoms. The van der Waals surface area contributed by atoms with Gasteiger partial charge in [0.25, 0.3) is 7.37 Å². The molecular formula is C22H37O2P. The lowest BCUT2D eigenvalue weighted by molar-refractivity contribution is 0.228. The molecule has 1 aliphatic rings. The Kier molecular flexibility index (Phi) is 6.14. The molecule has 0 spiro atoms. The zero-order chi connectivity index (χ0) is 18.9. The highest BCUT2D eigenvalue weighted by Gasteiger charge is 2.70. The van der Waals surface area contributed by atoms with Crippen molar-refractivity contribution in [2.45, 2.75) is 90.9 Å². The Morgan fingerprint density at radius 2 is 1.56 bits per heavy atom. The van der Waals surface area contributed by atoms with Gasteiger partial charge in [-0.2, -0.15) is 0 Å². The predicted octanol–water partition coefficient (Wildman–Crippen LogP) is 7.31. The van der Waals surface area contributed by atoms with Gasteiger partial charge in [0.05, 0.1) is 10.3 Å². The van der Waals surface area contributed by atoms with Crippen LogP contribution in [-0.4, -0.2) is 10.3 Å². The van der Waals surface area contributed by atoms with Crippen LogP contribution in [0.5, 0.6) is 5.75 Å². The van der Waals surface area contributed by atoms with Gasteiger partial charge in [-0.1, -0.05) is 52.2 Å². The molecule has 0 aromatic heterocycles. The zero-order valence-electron chi connectivity index (χ0n) is 17.3. The second-order valence-electron chi connectivity index (χ2n) is 9.31. The second kappa shape index (κ2) is 7.47. The summed E-state index contributed by atoms with van der Waals surface area (Å²) in [4.78, 5) is 0. The summed E-state index contributed by atoms with van der Waals surface area (Å²) in [5.74, 6) is 1.94. The summed E-state index contributed by atoms with van der Waals surface area (Å²) < 4.78 is 19.6. The van der Waals surface area contributed by atoms with Crippen molar-refractivity contribution in [3.63, 3.8) is 0 Å². The van der Waals surface area contributed by atoms with Gasteiger partial charge < -0.3 is 4.52 Å². The topological polar surface area (TPSA) is 26.3 Å². The highest BCUT2D eigenvalue weighted by atomic mass is 31.2. The Bertz CT molecular complexity index is 593. The molecule has 1 fully saturated rings. The molecule has 0 unspecified atom stereocenters. The molecule has 0 aliphatic carbocycles. The largest absolute Gasteiger partial charge is 0.442 e. The maximum Gasteiger partial charge on any atom is 0.259 e. The molecule has 0 amide bonds. The third kappa shape index (κ3) is 3.85. The second-order valence-corrected chi connectivity index (χ2v) is 12.9. The van der Waals surface area contributed by atoms with Crippen LogP contribution in [0.2, 0.25) is 0 Å². The van der Waals surface area contributed by atoms with Crippen molar-refractivity contribution >= 4 is 7.37 Å². The van der Waals surface area contributed by atoms with E-state index in [1.807, 2.05) is 12.1 Å². The van der Waals surface area contributed by atoms with Gasteiger partial charge >= 0.3 is 0 Å². The van der Waals surface area contributed by atoms with E-state index < -0.39 is 7.37 Å². The van der Waals surface area contributed by atoms with E-state index in [4.69, 9.17) is 4.52 Å². The van der Waals surface area contributed by atoms with Gasteiger partial charge in [0.1, 0.15) is 5.75 Å². The van der Waals surface area contributed by atoms with E-state index in [9.17, 15) is 4.57 Å². The summed E-state index contributed by atoms with van der Waals surface area (Å²) in [5, 5.41) is -0.517. The summed E-state index contributed by atoms with van der Waals surface area (Å²) >= 11 is 0. The van der Waals surface area contributed by atoms with Crippen LogP contribution in [0.3, 0.4) is 0 Å². The zero-order valence-corrected chi connectivity index (χ0v) is 18.2.